The first-order chi connectivity index (χ1) is 14.6. The van der Waals surface area contributed by atoms with Gasteiger partial charge in [-0.05, 0) is 36.6 Å². The van der Waals surface area contributed by atoms with Crippen molar-refractivity contribution in [3.05, 3.63) is 60.7 Å². The first kappa shape index (κ1) is 19.4. The van der Waals surface area contributed by atoms with E-state index in [1.807, 2.05) is 49.4 Å². The number of hydrogen-bond donors (Lipinski definition) is 1. The van der Waals surface area contributed by atoms with Crippen molar-refractivity contribution < 1.29 is 19.4 Å². The lowest BCUT2D eigenvalue weighted by Gasteiger charge is -2.07. The van der Waals surface area contributed by atoms with Gasteiger partial charge in [-0.3, -0.25) is 4.79 Å². The molecule has 0 spiro atoms. The van der Waals surface area contributed by atoms with Crippen LogP contribution in [0.4, 0.5) is 5.69 Å². The van der Waals surface area contributed by atoms with Gasteiger partial charge in [0, 0.05) is 17.3 Å². The molecule has 1 N–H and O–H groups in total. The molecule has 0 bridgehead atoms. The number of fused-ring (bicyclic) bond motifs is 2. The Kier molecular flexibility index (Phi) is 5.34. The van der Waals surface area contributed by atoms with Crippen molar-refractivity contribution >= 4 is 33.3 Å². The van der Waals surface area contributed by atoms with E-state index in [1.54, 1.807) is 29.9 Å². The molecule has 0 aliphatic carbocycles. The van der Waals surface area contributed by atoms with Crippen LogP contribution in [0.5, 0.6) is 17.4 Å². The monoisotopic (exact) mass is 403 g/mol. The predicted molar refractivity (Wildman–Crippen MR) is 115 cm³/mol. The average molecular weight is 403 g/mol. The fourth-order valence-electron chi connectivity index (χ4n) is 3.44. The van der Waals surface area contributed by atoms with Crippen molar-refractivity contribution in [2.45, 2.75) is 13.5 Å². The molecule has 152 valence electrons. The van der Waals surface area contributed by atoms with Gasteiger partial charge >= 0.3 is 5.91 Å². The van der Waals surface area contributed by atoms with Crippen molar-refractivity contribution in [2.75, 3.05) is 13.7 Å². The molecule has 3 aromatic carbocycles. The summed E-state index contributed by atoms with van der Waals surface area (Å²) in [6.45, 7) is 2.20. The summed E-state index contributed by atoms with van der Waals surface area (Å²) in [5.41, 5.74) is 1.01. The molecule has 4 rings (SSSR count). The Labute approximate surface area is 173 Å². The van der Waals surface area contributed by atoms with E-state index in [4.69, 9.17) is 9.47 Å². The van der Waals surface area contributed by atoms with Crippen LogP contribution in [0.1, 0.15) is 6.92 Å². The van der Waals surface area contributed by atoms with Gasteiger partial charge < -0.3 is 19.1 Å². The molecule has 4 aromatic rings. The first-order valence-corrected chi connectivity index (χ1v) is 9.56. The van der Waals surface area contributed by atoms with Crippen LogP contribution in [0.2, 0.25) is 0 Å². The topological polar surface area (TPSA) is 85.4 Å². The van der Waals surface area contributed by atoms with Crippen LogP contribution >= 0.6 is 0 Å². The number of aromatic hydroxyl groups is 1. The molecule has 0 aliphatic rings. The number of ether oxygens (including phenoxy) is 2. The summed E-state index contributed by atoms with van der Waals surface area (Å²) in [5, 5.41) is 20.9. The maximum Gasteiger partial charge on any atom is 0.302 e. The van der Waals surface area contributed by atoms with Crippen molar-refractivity contribution in [3.8, 4) is 17.4 Å². The van der Waals surface area contributed by atoms with Crippen molar-refractivity contribution in [3.63, 3.8) is 0 Å². The molecular weight excluding hydrogens is 382 g/mol. The first-order valence-electron chi connectivity index (χ1n) is 9.56. The van der Waals surface area contributed by atoms with Gasteiger partial charge in [0.2, 0.25) is 5.88 Å². The van der Waals surface area contributed by atoms with Gasteiger partial charge in [0.1, 0.15) is 11.5 Å². The predicted octanol–water partition coefficient (Wildman–Crippen LogP) is 5.22. The molecule has 0 unspecified atom stereocenters. The van der Waals surface area contributed by atoms with Gasteiger partial charge in [-0.2, -0.15) is 0 Å². The van der Waals surface area contributed by atoms with E-state index < -0.39 is 5.91 Å². The Hall–Kier alpha value is -3.87. The molecule has 0 aliphatic heterocycles. The largest absolute Gasteiger partial charge is 0.497 e. The number of carbonyl (C=O) groups is 1. The molecule has 1 amide bonds. The lowest BCUT2D eigenvalue weighted by molar-refractivity contribution is -0.120. The fourth-order valence-corrected chi connectivity index (χ4v) is 3.44. The Morgan fingerprint density at radius 3 is 2.67 bits per heavy atom. The van der Waals surface area contributed by atoms with Crippen LogP contribution in [0.15, 0.2) is 70.9 Å². The minimum atomic E-state index is -0.553. The zero-order valence-electron chi connectivity index (χ0n) is 16.7. The molecule has 0 saturated carbocycles. The number of aromatic nitrogens is 1. The maximum atomic E-state index is 12.3. The van der Waals surface area contributed by atoms with Gasteiger partial charge in [-0.15, -0.1) is 10.2 Å². The second-order valence-electron chi connectivity index (χ2n) is 6.66. The van der Waals surface area contributed by atoms with Crippen LogP contribution in [0.3, 0.4) is 0 Å². The van der Waals surface area contributed by atoms with Crippen molar-refractivity contribution in [1.29, 1.82) is 0 Å². The lowest BCUT2D eigenvalue weighted by atomic mass is 10.1. The molecule has 1 aromatic heterocycles. The van der Waals surface area contributed by atoms with Gasteiger partial charge in [0.05, 0.1) is 12.6 Å². The Bertz CT molecular complexity index is 1260. The van der Waals surface area contributed by atoms with Gasteiger partial charge in [0.25, 0.3) is 0 Å². The summed E-state index contributed by atoms with van der Waals surface area (Å²) in [6, 6.07) is 18.8. The third-order valence-corrected chi connectivity index (χ3v) is 4.90. The fraction of sp³-hybridized carbons (Fsp3) is 0.174. The van der Waals surface area contributed by atoms with Crippen LogP contribution in [0.25, 0.3) is 21.7 Å². The highest BCUT2D eigenvalue weighted by molar-refractivity contribution is 5.96. The van der Waals surface area contributed by atoms with E-state index in [-0.39, 0.29) is 18.2 Å². The molecule has 0 fully saturated rings. The Morgan fingerprint density at radius 2 is 1.87 bits per heavy atom. The highest BCUT2D eigenvalue weighted by atomic mass is 16.5. The number of azo groups is 1. The number of nitrogens with zero attached hydrogens (tertiary/aromatic N) is 3. The van der Waals surface area contributed by atoms with Crippen molar-refractivity contribution in [1.82, 2.24) is 4.57 Å². The highest BCUT2D eigenvalue weighted by Crippen LogP contribution is 2.40. The molecule has 0 atom stereocenters. The number of rotatable bonds is 6. The summed E-state index contributed by atoms with van der Waals surface area (Å²) in [6.07, 6.45) is 0. The van der Waals surface area contributed by atoms with Gasteiger partial charge in [-0.25, -0.2) is 0 Å². The quantitative estimate of drug-likeness (QED) is 0.447. The normalized spacial score (nSPS) is 11.4. The van der Waals surface area contributed by atoms with E-state index in [0.29, 0.717) is 23.4 Å². The van der Waals surface area contributed by atoms with Crippen LogP contribution in [0, 0.1) is 0 Å². The summed E-state index contributed by atoms with van der Waals surface area (Å²) < 4.78 is 12.6. The second-order valence-corrected chi connectivity index (χ2v) is 6.66. The zero-order valence-corrected chi connectivity index (χ0v) is 16.7. The van der Waals surface area contributed by atoms with Crippen LogP contribution in [-0.2, 0) is 11.3 Å². The highest BCUT2D eigenvalue weighted by Gasteiger charge is 2.17. The van der Waals surface area contributed by atoms with Crippen LogP contribution < -0.4 is 9.47 Å². The van der Waals surface area contributed by atoms with Crippen LogP contribution in [-0.4, -0.2) is 29.3 Å². The second kappa shape index (κ2) is 8.24. The maximum absolute atomic E-state index is 12.3. The molecule has 0 radical (unpaired) electrons. The van der Waals surface area contributed by atoms with E-state index in [1.165, 1.54) is 0 Å². The summed E-state index contributed by atoms with van der Waals surface area (Å²) >= 11 is 0. The van der Waals surface area contributed by atoms with Gasteiger partial charge in [-0.1, -0.05) is 36.4 Å². The van der Waals surface area contributed by atoms with Crippen molar-refractivity contribution in [2.24, 2.45) is 10.2 Å². The Morgan fingerprint density at radius 1 is 1.07 bits per heavy atom. The van der Waals surface area contributed by atoms with Gasteiger partial charge in [0.15, 0.2) is 12.3 Å². The summed E-state index contributed by atoms with van der Waals surface area (Å²) in [5.74, 6) is 0.625. The number of amides is 1. The number of aryl methyl sites for hydroxylation is 1. The van der Waals surface area contributed by atoms with E-state index in [2.05, 4.69) is 10.2 Å². The summed E-state index contributed by atoms with van der Waals surface area (Å²) in [4.78, 5) is 12.3. The van der Waals surface area contributed by atoms with E-state index >= 15 is 0 Å². The standard InChI is InChI=1S/C23H21N3O4/c1-3-26-19-12-11-16(29-2)13-18(19)22(23(26)28)25-24-21(27)14-30-20-10-6-8-15-7-4-5-9-17(15)20/h4-13,28H,3,14H2,1-2H3. The lowest BCUT2D eigenvalue weighted by Crippen LogP contribution is -2.08. The molecule has 30 heavy (non-hydrogen) atoms. The molecule has 0 saturated heterocycles. The number of carbonyl (C=O) groups excluding carboxylic acids is 1. The molecule has 7 heteroatoms. The molecule has 7 nitrogen and oxygen atoms in total. The van der Waals surface area contributed by atoms with E-state index in [0.717, 1.165) is 16.3 Å². The third-order valence-electron chi connectivity index (χ3n) is 4.90. The average Bonchev–Trinajstić information content (AvgIpc) is 3.05. The van der Waals surface area contributed by atoms with E-state index in [9.17, 15) is 9.90 Å². The third kappa shape index (κ3) is 3.57. The SMILES string of the molecule is CCn1c(O)c(N=NC(=O)COc2cccc3ccccc23)c2cc(OC)ccc21. The Balaban J connectivity index is 1.57. The minimum Gasteiger partial charge on any atom is -0.497 e. The smallest absolute Gasteiger partial charge is 0.302 e. The molecular formula is C23H21N3O4. The number of methoxy groups -OCH3 is 1. The zero-order chi connectivity index (χ0) is 21.1. The number of benzene rings is 3. The summed E-state index contributed by atoms with van der Waals surface area (Å²) in [7, 11) is 1.56. The minimum absolute atomic E-state index is 0.0488. The number of hydrogen-bond acceptors (Lipinski definition) is 5. The molecule has 1 heterocycles.